The van der Waals surface area contributed by atoms with E-state index in [9.17, 15) is 9.59 Å². The summed E-state index contributed by atoms with van der Waals surface area (Å²) >= 11 is 0. The molecule has 3 rings (SSSR count). The van der Waals surface area contributed by atoms with Gasteiger partial charge in [-0.1, -0.05) is 13.8 Å². The third-order valence-corrected chi connectivity index (χ3v) is 4.12. The van der Waals surface area contributed by atoms with Gasteiger partial charge < -0.3 is 20.8 Å². The van der Waals surface area contributed by atoms with Crippen LogP contribution in [0.2, 0.25) is 0 Å². The van der Waals surface area contributed by atoms with Gasteiger partial charge in [-0.15, -0.1) is 0 Å². The first-order valence-corrected chi connectivity index (χ1v) is 8.85. The number of furan rings is 1. The topological polar surface area (TPSA) is 139 Å². The number of aromatic nitrogens is 3. The second kappa shape index (κ2) is 8.49. The molecule has 0 saturated carbocycles. The Morgan fingerprint density at radius 3 is 2.54 bits per heavy atom. The number of aromatic amines is 1. The fourth-order valence-corrected chi connectivity index (χ4v) is 2.59. The molecule has 0 aliphatic carbocycles. The minimum Gasteiger partial charge on any atom is -0.459 e. The quantitative estimate of drug-likeness (QED) is 0.492. The molecule has 0 aliphatic heterocycles. The van der Waals surface area contributed by atoms with Crippen LogP contribution < -0.4 is 16.4 Å². The number of nitrogens with one attached hydrogen (secondary N) is 3. The summed E-state index contributed by atoms with van der Waals surface area (Å²) in [4.78, 5) is 29.1. The Morgan fingerprint density at radius 2 is 1.96 bits per heavy atom. The zero-order valence-corrected chi connectivity index (χ0v) is 15.6. The largest absolute Gasteiger partial charge is 0.459 e. The maximum Gasteiger partial charge on any atom is 0.287 e. The van der Waals surface area contributed by atoms with Crippen molar-refractivity contribution in [3.05, 3.63) is 54.2 Å². The number of anilines is 1. The summed E-state index contributed by atoms with van der Waals surface area (Å²) < 4.78 is 5.07. The number of amides is 2. The molecule has 9 heteroatoms. The molecule has 0 aliphatic rings. The monoisotopic (exact) mass is 382 g/mol. The van der Waals surface area contributed by atoms with Crippen LogP contribution in [0.3, 0.4) is 0 Å². The third-order valence-electron chi connectivity index (χ3n) is 4.12. The average molecular weight is 382 g/mol. The molecule has 1 unspecified atom stereocenters. The van der Waals surface area contributed by atoms with E-state index < -0.39 is 11.9 Å². The lowest BCUT2D eigenvalue weighted by Crippen LogP contribution is -2.47. The number of nitrogens with two attached hydrogens (primary N) is 1. The van der Waals surface area contributed by atoms with Gasteiger partial charge in [0.25, 0.3) is 5.91 Å². The Kier molecular flexibility index (Phi) is 5.85. The second-order valence-corrected chi connectivity index (χ2v) is 6.55. The lowest BCUT2D eigenvalue weighted by atomic mass is 10.0. The fraction of sp³-hybridized carbons (Fsp3) is 0.263. The van der Waals surface area contributed by atoms with Crippen molar-refractivity contribution >= 4 is 17.5 Å². The number of hydrogen-bond acceptors (Lipinski definition) is 6. The van der Waals surface area contributed by atoms with E-state index in [1.165, 1.54) is 6.26 Å². The molecule has 1 aromatic carbocycles. The molecule has 2 amide bonds. The summed E-state index contributed by atoms with van der Waals surface area (Å²) in [5.41, 5.74) is 6.91. The van der Waals surface area contributed by atoms with E-state index >= 15 is 0 Å². The summed E-state index contributed by atoms with van der Waals surface area (Å²) in [5, 5.41) is 12.4. The van der Waals surface area contributed by atoms with Crippen LogP contribution in [0.4, 0.5) is 5.69 Å². The van der Waals surface area contributed by atoms with E-state index in [4.69, 9.17) is 10.2 Å². The van der Waals surface area contributed by atoms with Crippen LogP contribution in [0.1, 0.15) is 30.2 Å². The van der Waals surface area contributed by atoms with Crippen LogP contribution in [0.15, 0.2) is 47.1 Å². The van der Waals surface area contributed by atoms with Crippen molar-refractivity contribution in [2.24, 2.45) is 11.7 Å². The van der Waals surface area contributed by atoms with Crippen molar-refractivity contribution in [3.8, 4) is 11.4 Å². The molecule has 28 heavy (non-hydrogen) atoms. The van der Waals surface area contributed by atoms with Gasteiger partial charge in [-0.3, -0.25) is 14.7 Å². The number of nitrogens with zero attached hydrogens (tertiary/aromatic N) is 2. The molecule has 2 heterocycles. The standard InChI is InChI=1S/C19H22N6O3/c1-11(2)16(23-18(26)14-4-3-9-28-14)19(27)21-13-7-5-12(6-8-13)17-22-15(10-20)24-25-17/h3-9,11,16H,10,20H2,1-2H3,(H,21,27)(H,23,26)(H,22,24,25). The maximum atomic E-state index is 12.7. The van der Waals surface area contributed by atoms with Gasteiger partial charge in [-0.25, -0.2) is 4.98 Å². The van der Waals surface area contributed by atoms with E-state index in [2.05, 4.69) is 25.8 Å². The predicted octanol–water partition coefficient (Wildman–Crippen LogP) is 1.92. The van der Waals surface area contributed by atoms with Crippen LogP contribution in [-0.4, -0.2) is 33.0 Å². The van der Waals surface area contributed by atoms with E-state index in [-0.39, 0.29) is 24.1 Å². The van der Waals surface area contributed by atoms with Crippen molar-refractivity contribution in [1.29, 1.82) is 0 Å². The molecule has 0 radical (unpaired) electrons. The molecule has 2 aromatic heterocycles. The number of hydrogen-bond donors (Lipinski definition) is 4. The van der Waals surface area contributed by atoms with Crippen LogP contribution >= 0.6 is 0 Å². The maximum absolute atomic E-state index is 12.7. The van der Waals surface area contributed by atoms with Gasteiger partial charge in [0.15, 0.2) is 11.6 Å². The third kappa shape index (κ3) is 4.44. The molecule has 0 saturated heterocycles. The molecule has 1 atom stereocenters. The normalized spacial score (nSPS) is 12.0. The van der Waals surface area contributed by atoms with Gasteiger partial charge in [-0.05, 0) is 42.3 Å². The van der Waals surface area contributed by atoms with E-state index in [0.29, 0.717) is 17.3 Å². The van der Waals surface area contributed by atoms with E-state index in [1.807, 2.05) is 13.8 Å². The molecule has 3 aromatic rings. The minimum atomic E-state index is -0.711. The molecule has 0 fully saturated rings. The zero-order valence-electron chi connectivity index (χ0n) is 15.6. The Hall–Kier alpha value is -3.46. The Labute approximate surface area is 161 Å². The van der Waals surface area contributed by atoms with Crippen molar-refractivity contribution in [3.63, 3.8) is 0 Å². The van der Waals surface area contributed by atoms with Crippen molar-refractivity contribution < 1.29 is 14.0 Å². The van der Waals surface area contributed by atoms with Gasteiger partial charge in [0.2, 0.25) is 5.91 Å². The Balaban J connectivity index is 1.66. The summed E-state index contributed by atoms with van der Waals surface area (Å²) in [6, 6.07) is 9.54. The van der Waals surface area contributed by atoms with Gasteiger partial charge >= 0.3 is 0 Å². The van der Waals surface area contributed by atoms with Crippen molar-refractivity contribution in [2.45, 2.75) is 26.4 Å². The zero-order chi connectivity index (χ0) is 20.1. The Bertz CT molecular complexity index is 931. The minimum absolute atomic E-state index is 0.110. The molecular formula is C19H22N6O3. The first kappa shape index (κ1) is 19.3. The summed E-state index contributed by atoms with van der Waals surface area (Å²) in [7, 11) is 0. The first-order chi connectivity index (χ1) is 13.5. The number of rotatable bonds is 7. The van der Waals surface area contributed by atoms with Crippen molar-refractivity contribution in [2.75, 3.05) is 5.32 Å². The highest BCUT2D eigenvalue weighted by molar-refractivity contribution is 6.00. The highest BCUT2D eigenvalue weighted by atomic mass is 16.3. The highest BCUT2D eigenvalue weighted by Crippen LogP contribution is 2.18. The molecular weight excluding hydrogens is 360 g/mol. The van der Waals surface area contributed by atoms with Gasteiger partial charge in [0.1, 0.15) is 11.9 Å². The smallest absolute Gasteiger partial charge is 0.287 e. The highest BCUT2D eigenvalue weighted by Gasteiger charge is 2.25. The lowest BCUT2D eigenvalue weighted by Gasteiger charge is -2.21. The summed E-state index contributed by atoms with van der Waals surface area (Å²) in [5.74, 6) is 0.427. The molecule has 0 spiro atoms. The molecule has 0 bridgehead atoms. The second-order valence-electron chi connectivity index (χ2n) is 6.55. The van der Waals surface area contributed by atoms with Crippen molar-refractivity contribution in [1.82, 2.24) is 20.5 Å². The molecule has 146 valence electrons. The van der Waals surface area contributed by atoms with Crippen LogP contribution in [-0.2, 0) is 11.3 Å². The summed E-state index contributed by atoms with van der Waals surface area (Å²) in [6.45, 7) is 3.99. The van der Waals surface area contributed by atoms with Gasteiger partial charge in [0, 0.05) is 11.3 Å². The van der Waals surface area contributed by atoms with Gasteiger partial charge in [-0.2, -0.15) is 5.10 Å². The SMILES string of the molecule is CC(C)C(NC(=O)c1ccco1)C(=O)Nc1ccc(-c2n[nH]c(CN)n2)cc1. The number of carbonyl (C=O) groups excluding carboxylic acids is 2. The van der Waals surface area contributed by atoms with E-state index in [1.54, 1.807) is 36.4 Å². The average Bonchev–Trinajstić information content (AvgIpc) is 3.38. The van der Waals surface area contributed by atoms with Crippen LogP contribution in [0.5, 0.6) is 0 Å². The van der Waals surface area contributed by atoms with Crippen LogP contribution in [0, 0.1) is 5.92 Å². The van der Waals surface area contributed by atoms with Gasteiger partial charge in [0.05, 0.1) is 12.8 Å². The summed E-state index contributed by atoms with van der Waals surface area (Å²) in [6.07, 6.45) is 1.41. The number of benzene rings is 1. The lowest BCUT2D eigenvalue weighted by molar-refractivity contribution is -0.118. The molecule has 9 nitrogen and oxygen atoms in total. The molecule has 5 N–H and O–H groups in total. The van der Waals surface area contributed by atoms with Crippen LogP contribution in [0.25, 0.3) is 11.4 Å². The number of carbonyl (C=O) groups is 2. The first-order valence-electron chi connectivity index (χ1n) is 8.85. The predicted molar refractivity (Wildman–Crippen MR) is 103 cm³/mol. The van der Waals surface area contributed by atoms with E-state index in [0.717, 1.165) is 5.56 Å². The fourth-order valence-electron chi connectivity index (χ4n) is 2.59. The number of H-pyrrole nitrogens is 1. The Morgan fingerprint density at radius 1 is 1.21 bits per heavy atom.